The fourth-order valence-corrected chi connectivity index (χ4v) is 5.42. The summed E-state index contributed by atoms with van der Waals surface area (Å²) in [6.45, 7) is 6.16. The Hall–Kier alpha value is -3.50. The van der Waals surface area contributed by atoms with Gasteiger partial charge in [0, 0.05) is 11.4 Å². The van der Waals surface area contributed by atoms with Gasteiger partial charge < -0.3 is 9.32 Å². The van der Waals surface area contributed by atoms with Crippen LogP contribution < -0.4 is 9.47 Å². The molecule has 0 radical (unpaired) electrons. The van der Waals surface area contributed by atoms with Gasteiger partial charge in [-0.2, -0.15) is 4.57 Å². The molecule has 1 aromatic heterocycles. The molecule has 4 aromatic rings. The minimum absolute atomic E-state index is 0.853. The predicted molar refractivity (Wildman–Crippen MR) is 140 cm³/mol. The highest BCUT2D eigenvalue weighted by atomic mass is 32.2. The molecule has 0 aliphatic carbocycles. The zero-order valence-corrected chi connectivity index (χ0v) is 19.8. The van der Waals surface area contributed by atoms with E-state index in [4.69, 9.17) is 4.42 Å². The minimum atomic E-state index is 0.853. The number of aromatic nitrogens is 1. The van der Waals surface area contributed by atoms with Gasteiger partial charge in [0.1, 0.15) is 6.54 Å². The van der Waals surface area contributed by atoms with Crippen LogP contribution in [-0.2, 0) is 6.54 Å². The van der Waals surface area contributed by atoms with E-state index in [-0.39, 0.29) is 0 Å². The minimum Gasteiger partial charge on any atom is -0.398 e. The number of thioether (sulfide) groups is 1. The van der Waals surface area contributed by atoms with Gasteiger partial charge in [-0.3, -0.25) is 0 Å². The first-order valence-electron chi connectivity index (χ1n) is 11.4. The molecule has 2 heterocycles. The van der Waals surface area contributed by atoms with Gasteiger partial charge in [0.25, 0.3) is 5.52 Å². The van der Waals surface area contributed by atoms with Crippen molar-refractivity contribution in [1.82, 2.24) is 0 Å². The maximum absolute atomic E-state index is 6.15. The number of hydrogen-bond donors (Lipinski definition) is 0. The highest BCUT2D eigenvalue weighted by Crippen LogP contribution is 2.45. The molecular weight excluding hydrogens is 424 g/mol. The number of fused-ring (bicyclic) bond motifs is 4. The molecule has 4 heteroatoms. The number of nitrogens with zero attached hydrogens (tertiary/aromatic N) is 2. The molecule has 0 spiro atoms. The standard InChI is InChI=1S/C29H27N2OS/c1-3-30-24-16-12-13-17-26(24)33-28(30)19-9-7-5-6-8-18-27-31(4-2)29-23-15-11-10-14-22(23)20-21-25(29)32-27/h5-21H,3-4H2,1-2H3/q+1. The molecule has 0 amide bonds. The summed E-state index contributed by atoms with van der Waals surface area (Å²) in [6, 6.07) is 21.2. The van der Waals surface area contributed by atoms with Crippen molar-refractivity contribution in [3.8, 4) is 0 Å². The van der Waals surface area contributed by atoms with Crippen LogP contribution in [-0.4, -0.2) is 6.54 Å². The van der Waals surface area contributed by atoms with Crippen LogP contribution in [0.1, 0.15) is 19.7 Å². The fourth-order valence-electron chi connectivity index (χ4n) is 4.28. The Morgan fingerprint density at radius 3 is 2.55 bits per heavy atom. The normalized spacial score (nSPS) is 15.3. The van der Waals surface area contributed by atoms with Crippen molar-refractivity contribution in [2.45, 2.75) is 25.3 Å². The van der Waals surface area contributed by atoms with Crippen LogP contribution in [0.25, 0.3) is 27.9 Å². The van der Waals surface area contributed by atoms with E-state index >= 15 is 0 Å². The Morgan fingerprint density at radius 2 is 1.67 bits per heavy atom. The fraction of sp³-hybridized carbons (Fsp3) is 0.138. The molecule has 0 saturated heterocycles. The van der Waals surface area contributed by atoms with E-state index in [1.54, 1.807) is 0 Å². The van der Waals surface area contributed by atoms with E-state index in [2.05, 4.69) is 102 Å². The summed E-state index contributed by atoms with van der Waals surface area (Å²) in [5.41, 5.74) is 3.37. The first-order valence-corrected chi connectivity index (χ1v) is 12.2. The lowest BCUT2D eigenvalue weighted by Crippen LogP contribution is -2.33. The highest BCUT2D eigenvalue weighted by molar-refractivity contribution is 8.03. The van der Waals surface area contributed by atoms with E-state index < -0.39 is 0 Å². The van der Waals surface area contributed by atoms with Crippen LogP contribution in [0.15, 0.2) is 111 Å². The zero-order chi connectivity index (χ0) is 22.6. The van der Waals surface area contributed by atoms with Crippen molar-refractivity contribution in [3.05, 3.63) is 108 Å². The van der Waals surface area contributed by atoms with Crippen molar-refractivity contribution in [3.63, 3.8) is 0 Å². The molecule has 0 atom stereocenters. The Labute approximate surface area is 199 Å². The lowest BCUT2D eigenvalue weighted by atomic mass is 10.1. The van der Waals surface area contributed by atoms with Crippen LogP contribution in [0, 0.1) is 0 Å². The second kappa shape index (κ2) is 9.55. The third-order valence-electron chi connectivity index (χ3n) is 5.81. The highest BCUT2D eigenvalue weighted by Gasteiger charge is 2.23. The van der Waals surface area contributed by atoms with Crippen molar-refractivity contribution >= 4 is 45.4 Å². The smallest absolute Gasteiger partial charge is 0.374 e. The monoisotopic (exact) mass is 451 g/mol. The molecule has 0 bridgehead atoms. The molecule has 0 unspecified atom stereocenters. The number of benzene rings is 3. The molecule has 3 aromatic carbocycles. The molecular formula is C29H27N2OS+. The third kappa shape index (κ3) is 4.14. The molecule has 3 nitrogen and oxygen atoms in total. The molecule has 1 aliphatic heterocycles. The van der Waals surface area contributed by atoms with E-state index in [1.807, 2.05) is 36.1 Å². The van der Waals surface area contributed by atoms with Gasteiger partial charge in [0.2, 0.25) is 5.58 Å². The quantitative estimate of drug-likeness (QED) is 0.224. The van der Waals surface area contributed by atoms with Crippen LogP contribution in [0.3, 0.4) is 0 Å². The first-order chi connectivity index (χ1) is 16.3. The predicted octanol–water partition coefficient (Wildman–Crippen LogP) is 7.49. The maximum Gasteiger partial charge on any atom is 0.374 e. The van der Waals surface area contributed by atoms with Gasteiger partial charge in [-0.1, -0.05) is 78.5 Å². The third-order valence-corrected chi connectivity index (χ3v) is 6.94. The Bertz CT molecular complexity index is 1420. The van der Waals surface area contributed by atoms with E-state index in [0.717, 1.165) is 30.1 Å². The average Bonchev–Trinajstić information content (AvgIpc) is 3.40. The lowest BCUT2D eigenvalue weighted by molar-refractivity contribution is -0.673. The van der Waals surface area contributed by atoms with E-state index in [0.29, 0.717) is 0 Å². The number of anilines is 1. The van der Waals surface area contributed by atoms with E-state index in [1.165, 1.54) is 26.4 Å². The zero-order valence-electron chi connectivity index (χ0n) is 18.9. The Kier molecular flexibility index (Phi) is 6.18. The van der Waals surface area contributed by atoms with Crippen molar-refractivity contribution in [2.75, 3.05) is 11.4 Å². The summed E-state index contributed by atoms with van der Waals surface area (Å²) in [7, 11) is 0. The van der Waals surface area contributed by atoms with E-state index in [9.17, 15) is 0 Å². The van der Waals surface area contributed by atoms with Gasteiger partial charge in [-0.15, -0.1) is 0 Å². The molecule has 0 N–H and O–H groups in total. The Balaban J connectivity index is 1.31. The molecule has 0 saturated carbocycles. The van der Waals surface area contributed by atoms with Gasteiger partial charge in [-0.05, 0) is 49.6 Å². The Morgan fingerprint density at radius 1 is 0.879 bits per heavy atom. The van der Waals surface area contributed by atoms with Crippen LogP contribution in [0.5, 0.6) is 0 Å². The average molecular weight is 452 g/mol. The SMILES string of the molecule is CCN1/C(=C/C=C/C=C/C=C/c2oc3ccc4ccccc4c3[n+]2CC)Sc2ccccc21. The number of hydrogen-bond acceptors (Lipinski definition) is 3. The second-order valence-electron chi connectivity index (χ2n) is 7.77. The topological polar surface area (TPSA) is 20.3 Å². The largest absolute Gasteiger partial charge is 0.398 e. The van der Waals surface area contributed by atoms with Crippen molar-refractivity contribution in [2.24, 2.45) is 0 Å². The molecule has 0 fully saturated rings. The number of oxazole rings is 1. The summed E-state index contributed by atoms with van der Waals surface area (Å²) in [5, 5.41) is 3.71. The molecule has 33 heavy (non-hydrogen) atoms. The lowest BCUT2D eigenvalue weighted by Gasteiger charge is -2.17. The molecule has 5 rings (SSSR count). The molecule has 164 valence electrons. The van der Waals surface area contributed by atoms with Crippen molar-refractivity contribution in [1.29, 1.82) is 0 Å². The van der Waals surface area contributed by atoms with Gasteiger partial charge >= 0.3 is 5.89 Å². The van der Waals surface area contributed by atoms with Gasteiger partial charge in [0.05, 0.1) is 22.2 Å². The summed E-state index contributed by atoms with van der Waals surface area (Å²) < 4.78 is 8.39. The van der Waals surface area contributed by atoms with Gasteiger partial charge in [0.15, 0.2) is 0 Å². The van der Waals surface area contributed by atoms with Gasteiger partial charge in [-0.25, -0.2) is 0 Å². The summed E-state index contributed by atoms with van der Waals surface area (Å²) in [4.78, 5) is 3.67. The second-order valence-corrected chi connectivity index (χ2v) is 8.83. The van der Waals surface area contributed by atoms with Crippen LogP contribution in [0.2, 0.25) is 0 Å². The van der Waals surface area contributed by atoms with Crippen LogP contribution >= 0.6 is 11.8 Å². The van der Waals surface area contributed by atoms with Crippen LogP contribution in [0.4, 0.5) is 5.69 Å². The maximum atomic E-state index is 6.15. The number of rotatable bonds is 6. The summed E-state index contributed by atoms with van der Waals surface area (Å²) in [6.07, 6.45) is 14.5. The summed E-state index contributed by atoms with van der Waals surface area (Å²) >= 11 is 1.82. The number of para-hydroxylation sites is 1. The summed E-state index contributed by atoms with van der Waals surface area (Å²) in [5.74, 6) is 0.860. The molecule has 1 aliphatic rings. The van der Waals surface area contributed by atoms with Crippen molar-refractivity contribution < 1.29 is 8.98 Å². The number of aryl methyl sites for hydroxylation is 1. The number of allylic oxidation sites excluding steroid dienone is 6. The first kappa shape index (κ1) is 21.4.